The number of para-hydroxylation sites is 2. The van der Waals surface area contributed by atoms with Gasteiger partial charge >= 0.3 is 0 Å². The Morgan fingerprint density at radius 1 is 0.900 bits per heavy atom. The topological polar surface area (TPSA) is 127 Å². The van der Waals surface area contributed by atoms with E-state index in [9.17, 15) is 13.2 Å². The number of rotatable bonds is 9. The van der Waals surface area contributed by atoms with Gasteiger partial charge in [0.25, 0.3) is 16.0 Å². The number of hydrogen-bond donors (Lipinski definition) is 1. The Hall–Kier alpha value is -4.33. The largest absolute Gasteiger partial charge is 0.493 e. The molecule has 0 aliphatic carbocycles. The molecule has 50 heavy (non-hydrogen) atoms. The van der Waals surface area contributed by atoms with E-state index in [1.807, 2.05) is 4.90 Å². The summed E-state index contributed by atoms with van der Waals surface area (Å²) in [4.78, 5) is 26.0. The van der Waals surface area contributed by atoms with Crippen LogP contribution in [-0.2, 0) is 22.1 Å². The summed E-state index contributed by atoms with van der Waals surface area (Å²) >= 11 is 0. The summed E-state index contributed by atoms with van der Waals surface area (Å²) in [5.74, 6) is 2.60. The highest BCUT2D eigenvalue weighted by Gasteiger charge is 2.42. The lowest BCUT2D eigenvalue weighted by Gasteiger charge is -2.39. The normalized spacial score (nSPS) is 19.6. The number of methoxy groups -OCH3 is 3. The minimum absolute atomic E-state index is 0.00971. The molecule has 3 aliphatic heterocycles. The number of imidazole rings is 1. The lowest BCUT2D eigenvalue weighted by Crippen LogP contribution is -2.46. The molecule has 3 aliphatic rings. The second-order valence-electron chi connectivity index (χ2n) is 13.3. The highest BCUT2D eigenvalue weighted by molar-refractivity contribution is 7.85. The third kappa shape index (κ3) is 7.54. The average Bonchev–Trinajstić information content (AvgIpc) is 3.84. The molecule has 268 valence electrons. The molecule has 1 amide bonds. The molecular formula is C37H47N5O7S. The molecule has 2 saturated heterocycles. The minimum atomic E-state index is -3.67. The fourth-order valence-electron chi connectivity index (χ4n) is 7.79. The molecular weight excluding hydrogens is 659 g/mol. The Labute approximate surface area is 294 Å². The molecule has 4 aromatic rings. The van der Waals surface area contributed by atoms with E-state index in [4.69, 9.17) is 23.7 Å². The van der Waals surface area contributed by atoms with E-state index in [1.54, 1.807) is 33.5 Å². The molecule has 1 unspecified atom stereocenters. The van der Waals surface area contributed by atoms with Crippen molar-refractivity contribution < 1.29 is 32.0 Å². The molecule has 0 spiro atoms. The summed E-state index contributed by atoms with van der Waals surface area (Å²) in [7, 11) is 1.06. The minimum Gasteiger partial charge on any atom is -0.493 e. The first-order valence-corrected chi connectivity index (χ1v) is 18.9. The maximum absolute atomic E-state index is 13.9. The van der Waals surface area contributed by atoms with Gasteiger partial charge in [0.05, 0.1) is 38.6 Å². The van der Waals surface area contributed by atoms with E-state index < -0.39 is 10.1 Å². The van der Waals surface area contributed by atoms with Gasteiger partial charge in [-0.1, -0.05) is 42.5 Å². The van der Waals surface area contributed by atoms with Crippen LogP contribution in [0.15, 0.2) is 66.7 Å². The van der Waals surface area contributed by atoms with Crippen molar-refractivity contribution in [2.75, 3.05) is 71.8 Å². The smallest absolute Gasteiger partial charge is 0.261 e. The molecule has 2 fully saturated rings. The van der Waals surface area contributed by atoms with Crippen LogP contribution < -0.4 is 19.1 Å². The van der Waals surface area contributed by atoms with Gasteiger partial charge in [-0.2, -0.15) is 8.42 Å². The molecule has 1 N–H and O–H groups in total. The van der Waals surface area contributed by atoms with Gasteiger partial charge in [0.15, 0.2) is 11.5 Å². The summed E-state index contributed by atoms with van der Waals surface area (Å²) in [5.41, 5.74) is 4.11. The lowest BCUT2D eigenvalue weighted by molar-refractivity contribution is 0.0779. The molecule has 12 nitrogen and oxygen atoms in total. The molecule has 4 heterocycles. The van der Waals surface area contributed by atoms with Crippen LogP contribution in [0, 0.1) is 0 Å². The number of carbonyl (C=O) groups is 1. The number of ether oxygens (including phenoxy) is 3. The van der Waals surface area contributed by atoms with E-state index in [-0.39, 0.29) is 11.3 Å². The van der Waals surface area contributed by atoms with Crippen LogP contribution in [0.4, 0.5) is 5.95 Å². The fraction of sp³-hybridized carbons (Fsp3) is 0.459. The Balaban J connectivity index is 0.000000808. The standard InChI is InChI=1S/C36H43N5O4.CH4O3S/c1-43-31-23-26(24-32(44-2)33(31)45-3)34(42)39-20-16-36(25-39,27-9-5-4-6-10-27)15-19-38-17-13-28(14-18-38)40-21-22-41-30-12-8-7-11-29(30)37-35(40)41;1-5(2,3)4/h4-12,23-24,28H,13-22,25H2,1-3H3;1H3,(H,2,3,4). The van der Waals surface area contributed by atoms with Crippen LogP contribution >= 0.6 is 0 Å². The van der Waals surface area contributed by atoms with Gasteiger partial charge in [-0.05, 0) is 62.1 Å². The zero-order valence-electron chi connectivity index (χ0n) is 29.2. The molecule has 13 heteroatoms. The number of aromatic nitrogens is 2. The van der Waals surface area contributed by atoms with Gasteiger partial charge in [-0.25, -0.2) is 4.98 Å². The molecule has 7 rings (SSSR count). The van der Waals surface area contributed by atoms with Gasteiger partial charge in [0.1, 0.15) is 0 Å². The summed E-state index contributed by atoms with van der Waals surface area (Å²) in [6.45, 7) is 6.65. The summed E-state index contributed by atoms with van der Waals surface area (Å²) in [6, 6.07) is 23.3. The number of likely N-dealkylation sites (tertiary alicyclic amines) is 2. The maximum Gasteiger partial charge on any atom is 0.261 e. The zero-order valence-corrected chi connectivity index (χ0v) is 30.1. The van der Waals surface area contributed by atoms with Crippen LogP contribution in [-0.4, -0.2) is 111 Å². The van der Waals surface area contributed by atoms with Crippen molar-refractivity contribution in [3.05, 3.63) is 77.9 Å². The van der Waals surface area contributed by atoms with Crippen molar-refractivity contribution in [2.45, 2.75) is 43.7 Å². The number of nitrogens with zero attached hydrogens (tertiary/aromatic N) is 5. The first-order valence-electron chi connectivity index (χ1n) is 17.0. The van der Waals surface area contributed by atoms with Crippen LogP contribution in [0.2, 0.25) is 0 Å². The first kappa shape index (κ1) is 35.5. The van der Waals surface area contributed by atoms with Crippen molar-refractivity contribution >= 4 is 33.0 Å². The van der Waals surface area contributed by atoms with Crippen LogP contribution in [0.5, 0.6) is 17.2 Å². The third-order valence-corrected chi connectivity index (χ3v) is 10.3. The predicted octanol–water partition coefficient (Wildman–Crippen LogP) is 4.72. The first-order chi connectivity index (χ1) is 24.0. The van der Waals surface area contributed by atoms with Crippen LogP contribution in [0.1, 0.15) is 41.6 Å². The van der Waals surface area contributed by atoms with Crippen molar-refractivity contribution in [3.8, 4) is 17.2 Å². The van der Waals surface area contributed by atoms with Crippen LogP contribution in [0.25, 0.3) is 11.0 Å². The predicted molar refractivity (Wildman–Crippen MR) is 193 cm³/mol. The van der Waals surface area contributed by atoms with Crippen molar-refractivity contribution in [1.29, 1.82) is 0 Å². The van der Waals surface area contributed by atoms with Crippen molar-refractivity contribution in [1.82, 2.24) is 19.4 Å². The quantitative estimate of drug-likeness (QED) is 0.245. The Morgan fingerprint density at radius 2 is 1.54 bits per heavy atom. The summed E-state index contributed by atoms with van der Waals surface area (Å²) in [5, 5.41) is 0. The van der Waals surface area contributed by atoms with Gasteiger partial charge in [0.2, 0.25) is 11.7 Å². The number of benzene rings is 3. The molecule has 3 aromatic carbocycles. The number of amides is 1. The molecule has 1 atom stereocenters. The summed E-state index contributed by atoms with van der Waals surface area (Å²) < 4.78 is 44.8. The number of anilines is 1. The Kier molecular flexibility index (Phi) is 10.6. The van der Waals surface area contributed by atoms with Crippen molar-refractivity contribution in [3.63, 3.8) is 0 Å². The molecule has 1 aromatic heterocycles. The monoisotopic (exact) mass is 705 g/mol. The molecule has 0 saturated carbocycles. The summed E-state index contributed by atoms with van der Waals surface area (Å²) in [6.07, 6.45) is 4.96. The van der Waals surface area contributed by atoms with Gasteiger partial charge in [-0.15, -0.1) is 0 Å². The van der Waals surface area contributed by atoms with Gasteiger partial charge in [0, 0.05) is 56.3 Å². The van der Waals surface area contributed by atoms with E-state index in [2.05, 4.69) is 69.0 Å². The van der Waals surface area contributed by atoms with Gasteiger partial charge < -0.3 is 33.5 Å². The van der Waals surface area contributed by atoms with Crippen molar-refractivity contribution in [2.24, 2.45) is 0 Å². The van der Waals surface area contributed by atoms with E-state index in [0.29, 0.717) is 48.2 Å². The fourth-order valence-corrected chi connectivity index (χ4v) is 7.79. The van der Waals surface area contributed by atoms with E-state index in [1.165, 1.54) is 11.1 Å². The van der Waals surface area contributed by atoms with Gasteiger partial charge in [-0.3, -0.25) is 9.35 Å². The number of fused-ring (bicyclic) bond motifs is 3. The second-order valence-corrected chi connectivity index (χ2v) is 14.8. The molecule has 0 bridgehead atoms. The second kappa shape index (κ2) is 14.9. The average molecular weight is 706 g/mol. The highest BCUT2D eigenvalue weighted by atomic mass is 32.2. The van der Waals surface area contributed by atoms with E-state index >= 15 is 0 Å². The molecule has 0 radical (unpaired) electrons. The number of hydrogen-bond acceptors (Lipinski definition) is 9. The third-order valence-electron chi connectivity index (χ3n) is 10.3. The van der Waals surface area contributed by atoms with E-state index in [0.717, 1.165) is 69.9 Å². The van der Waals surface area contributed by atoms with Crippen LogP contribution in [0.3, 0.4) is 0 Å². The number of piperidine rings is 1. The lowest BCUT2D eigenvalue weighted by atomic mass is 9.76. The Morgan fingerprint density at radius 3 is 2.18 bits per heavy atom. The highest BCUT2D eigenvalue weighted by Crippen LogP contribution is 2.42. The number of carbonyl (C=O) groups excluding carboxylic acids is 1. The SMILES string of the molecule is COc1cc(C(=O)N2CCC(CCN3CCC(N4CCn5c4nc4ccccc45)CC3)(c3ccccc3)C2)cc(OC)c1OC.CS(=O)(=O)O. The zero-order chi connectivity index (χ0) is 35.5. The Bertz CT molecular complexity index is 1880. The maximum atomic E-state index is 13.9.